The van der Waals surface area contributed by atoms with E-state index in [1.54, 1.807) is 29.5 Å². The van der Waals surface area contributed by atoms with E-state index in [0.717, 1.165) is 28.3 Å². The molecule has 0 radical (unpaired) electrons. The summed E-state index contributed by atoms with van der Waals surface area (Å²) in [4.78, 5) is 8.68. The quantitative estimate of drug-likeness (QED) is 0.546. The first-order valence-electron chi connectivity index (χ1n) is 10.2. The molecule has 9 heteroatoms. The number of nitrogens with zero attached hydrogens (tertiary/aromatic N) is 3. The minimum Gasteiger partial charge on any atom is -0.491 e. The molecule has 0 bridgehead atoms. The van der Waals surface area contributed by atoms with Gasteiger partial charge in [0.1, 0.15) is 24.3 Å². The zero-order chi connectivity index (χ0) is 21.8. The molecule has 4 rings (SSSR count). The Morgan fingerprint density at radius 3 is 2.81 bits per heavy atom. The second-order valence-electron chi connectivity index (χ2n) is 7.52. The number of aliphatic hydroxyl groups excluding tert-OH is 1. The topological polar surface area (TPSA) is 60.9 Å². The van der Waals surface area contributed by atoms with Gasteiger partial charge in [0.15, 0.2) is 5.11 Å². The molecule has 3 aromatic rings. The number of piperazine rings is 1. The van der Waals surface area contributed by atoms with Gasteiger partial charge in [-0.2, -0.15) is 0 Å². The van der Waals surface area contributed by atoms with Gasteiger partial charge >= 0.3 is 0 Å². The largest absolute Gasteiger partial charge is 0.491 e. The smallest absolute Gasteiger partial charge is 0.173 e. The van der Waals surface area contributed by atoms with Gasteiger partial charge in [-0.1, -0.05) is 12.1 Å². The Bertz CT molecular complexity index is 1050. The minimum absolute atomic E-state index is 0.224. The van der Waals surface area contributed by atoms with Crippen LogP contribution in [0.25, 0.3) is 10.2 Å². The van der Waals surface area contributed by atoms with Crippen LogP contribution in [0.2, 0.25) is 0 Å². The van der Waals surface area contributed by atoms with E-state index in [0.29, 0.717) is 36.2 Å². The zero-order valence-electron chi connectivity index (χ0n) is 17.3. The molecule has 1 aliphatic heterocycles. The van der Waals surface area contributed by atoms with E-state index in [1.165, 1.54) is 6.07 Å². The summed E-state index contributed by atoms with van der Waals surface area (Å²) in [5.41, 5.74) is 1.30. The number of aromatic nitrogens is 1. The summed E-state index contributed by atoms with van der Waals surface area (Å²) in [6.45, 7) is 5.70. The van der Waals surface area contributed by atoms with E-state index in [-0.39, 0.29) is 12.4 Å². The van der Waals surface area contributed by atoms with Crippen molar-refractivity contribution < 1.29 is 14.2 Å². The number of rotatable bonds is 6. The minimum atomic E-state index is -0.595. The van der Waals surface area contributed by atoms with E-state index in [2.05, 4.69) is 15.2 Å². The van der Waals surface area contributed by atoms with Crippen molar-refractivity contribution in [2.24, 2.45) is 0 Å². The fourth-order valence-corrected chi connectivity index (χ4v) is 4.65. The average molecular weight is 461 g/mol. The van der Waals surface area contributed by atoms with Crippen LogP contribution in [0, 0.1) is 12.7 Å². The number of aliphatic hydroxyl groups is 1. The van der Waals surface area contributed by atoms with Crippen molar-refractivity contribution in [2.45, 2.75) is 13.0 Å². The van der Waals surface area contributed by atoms with Crippen LogP contribution in [-0.4, -0.2) is 70.4 Å². The van der Waals surface area contributed by atoms with Crippen molar-refractivity contribution in [1.29, 1.82) is 0 Å². The second kappa shape index (κ2) is 9.86. The van der Waals surface area contributed by atoms with Crippen molar-refractivity contribution in [1.82, 2.24) is 14.8 Å². The third-order valence-electron chi connectivity index (χ3n) is 5.15. The van der Waals surface area contributed by atoms with Gasteiger partial charge in [0, 0.05) is 38.8 Å². The van der Waals surface area contributed by atoms with Gasteiger partial charge in [0.25, 0.3) is 0 Å². The highest BCUT2D eigenvalue weighted by Crippen LogP contribution is 2.25. The Hall–Kier alpha value is -2.33. The molecular weight excluding hydrogens is 435 g/mol. The van der Waals surface area contributed by atoms with Crippen LogP contribution in [0.3, 0.4) is 0 Å². The first-order chi connectivity index (χ1) is 15.0. The van der Waals surface area contributed by atoms with Crippen LogP contribution in [0.4, 0.5) is 10.1 Å². The first-order valence-corrected chi connectivity index (χ1v) is 11.4. The standard InChI is InChI=1S/C22H25FN4O2S2/c1-15-24-20-12-17(6-7-21(20)31-15)29-14-16(28)13-26-8-10-27(11-9-26)22(30)25-19-5-3-2-4-18(19)23/h2-7,12,16,28H,8-11,13-14H2,1H3,(H,25,30)/t16-/m1/s1. The summed E-state index contributed by atoms with van der Waals surface area (Å²) < 4.78 is 20.7. The normalized spacial score (nSPS) is 15.8. The van der Waals surface area contributed by atoms with Crippen molar-refractivity contribution in [3.8, 4) is 5.75 Å². The number of fused-ring (bicyclic) bond motifs is 1. The highest BCUT2D eigenvalue weighted by Gasteiger charge is 2.21. The SMILES string of the molecule is Cc1nc2cc(OC[C@H](O)CN3CCN(C(=S)Nc4ccccc4F)CC3)ccc2s1. The Morgan fingerprint density at radius 1 is 1.26 bits per heavy atom. The maximum atomic E-state index is 13.8. The Balaban J connectivity index is 1.21. The van der Waals surface area contributed by atoms with Gasteiger partial charge in [-0.15, -0.1) is 11.3 Å². The van der Waals surface area contributed by atoms with Gasteiger partial charge in [-0.25, -0.2) is 9.37 Å². The molecule has 2 N–H and O–H groups in total. The molecule has 0 aliphatic carbocycles. The number of benzene rings is 2. The summed E-state index contributed by atoms with van der Waals surface area (Å²) in [5.74, 6) is 0.391. The number of ether oxygens (including phenoxy) is 1. The number of thiazole rings is 1. The summed E-state index contributed by atoms with van der Waals surface area (Å²) in [6.07, 6.45) is -0.595. The monoisotopic (exact) mass is 460 g/mol. The number of halogens is 1. The van der Waals surface area contributed by atoms with Crippen LogP contribution in [0.1, 0.15) is 5.01 Å². The molecule has 164 valence electrons. The van der Waals surface area contributed by atoms with Crippen molar-refractivity contribution >= 4 is 44.6 Å². The number of β-amino-alcohol motifs (C(OH)–C–C–N with tert-alkyl or cyclic N) is 1. The number of anilines is 1. The number of hydrogen-bond acceptors (Lipinski definition) is 6. The number of hydrogen-bond donors (Lipinski definition) is 2. The zero-order valence-corrected chi connectivity index (χ0v) is 18.9. The molecule has 2 heterocycles. The highest BCUT2D eigenvalue weighted by atomic mass is 32.1. The fraction of sp³-hybridized carbons (Fsp3) is 0.364. The molecule has 0 amide bonds. The van der Waals surface area contributed by atoms with Crippen LogP contribution in [-0.2, 0) is 0 Å². The maximum absolute atomic E-state index is 13.8. The van der Waals surface area contributed by atoms with E-state index in [9.17, 15) is 9.50 Å². The molecule has 1 atom stereocenters. The molecule has 31 heavy (non-hydrogen) atoms. The number of nitrogens with one attached hydrogen (secondary N) is 1. The van der Waals surface area contributed by atoms with E-state index < -0.39 is 6.10 Å². The van der Waals surface area contributed by atoms with Crippen LogP contribution in [0.15, 0.2) is 42.5 Å². The fourth-order valence-electron chi connectivity index (χ4n) is 3.55. The van der Waals surface area contributed by atoms with E-state index >= 15 is 0 Å². The lowest BCUT2D eigenvalue weighted by Gasteiger charge is -2.36. The van der Waals surface area contributed by atoms with Gasteiger partial charge < -0.3 is 20.1 Å². The van der Waals surface area contributed by atoms with Crippen LogP contribution < -0.4 is 10.1 Å². The molecule has 0 unspecified atom stereocenters. The lowest BCUT2D eigenvalue weighted by Crippen LogP contribution is -2.51. The molecule has 1 aliphatic rings. The lowest BCUT2D eigenvalue weighted by molar-refractivity contribution is 0.0559. The summed E-state index contributed by atoms with van der Waals surface area (Å²) in [6, 6.07) is 12.3. The number of aryl methyl sites for hydroxylation is 1. The van der Waals surface area contributed by atoms with Crippen LogP contribution in [0.5, 0.6) is 5.75 Å². The highest BCUT2D eigenvalue weighted by molar-refractivity contribution is 7.80. The predicted molar refractivity (Wildman–Crippen MR) is 126 cm³/mol. The Labute approximate surface area is 190 Å². The summed E-state index contributed by atoms with van der Waals surface area (Å²) in [7, 11) is 0. The summed E-state index contributed by atoms with van der Waals surface area (Å²) in [5, 5.41) is 14.9. The first kappa shape index (κ1) is 21.9. The second-order valence-corrected chi connectivity index (χ2v) is 9.15. The van der Waals surface area contributed by atoms with Gasteiger partial charge in [0.05, 0.1) is 20.9 Å². The third kappa shape index (κ3) is 5.68. The molecule has 0 spiro atoms. The molecule has 2 aromatic carbocycles. The van der Waals surface area contributed by atoms with E-state index in [1.807, 2.05) is 30.0 Å². The van der Waals surface area contributed by atoms with E-state index in [4.69, 9.17) is 17.0 Å². The van der Waals surface area contributed by atoms with Gasteiger partial charge in [-0.05, 0) is 43.4 Å². The average Bonchev–Trinajstić information content (AvgIpc) is 3.13. The molecular formula is C22H25FN4O2S2. The van der Waals surface area contributed by atoms with Gasteiger partial charge in [-0.3, -0.25) is 4.90 Å². The Morgan fingerprint density at radius 2 is 2.03 bits per heavy atom. The molecule has 1 fully saturated rings. The third-order valence-corrected chi connectivity index (χ3v) is 6.46. The lowest BCUT2D eigenvalue weighted by atomic mass is 10.2. The number of thiocarbonyl (C=S) groups is 1. The maximum Gasteiger partial charge on any atom is 0.173 e. The van der Waals surface area contributed by atoms with Crippen molar-refractivity contribution in [3.63, 3.8) is 0 Å². The van der Waals surface area contributed by atoms with Crippen molar-refractivity contribution in [2.75, 3.05) is 44.6 Å². The Kier molecular flexibility index (Phi) is 6.96. The molecule has 6 nitrogen and oxygen atoms in total. The molecule has 1 aromatic heterocycles. The molecule has 1 saturated heterocycles. The molecule has 0 saturated carbocycles. The van der Waals surface area contributed by atoms with Crippen LogP contribution >= 0.6 is 23.6 Å². The van der Waals surface area contributed by atoms with Crippen molar-refractivity contribution in [3.05, 3.63) is 53.3 Å². The predicted octanol–water partition coefficient (Wildman–Crippen LogP) is 3.50. The van der Waals surface area contributed by atoms with Gasteiger partial charge in [0.2, 0.25) is 0 Å². The number of para-hydroxylation sites is 1. The summed E-state index contributed by atoms with van der Waals surface area (Å²) >= 11 is 7.08.